The Labute approximate surface area is 159 Å². The van der Waals surface area contributed by atoms with Crippen molar-refractivity contribution in [2.45, 2.75) is 0 Å². The number of amides is 1. The molecule has 0 aromatic heterocycles. The molecule has 0 atom stereocenters. The first-order chi connectivity index (χ1) is 12.6. The largest absolute Gasteiger partial charge is 0.485 e. The summed E-state index contributed by atoms with van der Waals surface area (Å²) in [6, 6.07) is 23.0. The van der Waals surface area contributed by atoms with E-state index in [9.17, 15) is 9.59 Å². The molecule has 3 rings (SSSR count). The molecular weight excluding hydrogens is 394 g/mol. The summed E-state index contributed by atoms with van der Waals surface area (Å²) in [5.74, 6) is 0.291. The Kier molecular flexibility index (Phi) is 5.81. The number of anilines is 1. The lowest BCUT2D eigenvalue weighted by molar-refractivity contribution is 0.0921. The van der Waals surface area contributed by atoms with Gasteiger partial charge in [0.25, 0.3) is 5.91 Å². The van der Waals surface area contributed by atoms with E-state index in [1.54, 1.807) is 48.5 Å². The van der Waals surface area contributed by atoms with E-state index in [1.165, 1.54) is 0 Å². The fourth-order valence-electron chi connectivity index (χ4n) is 2.30. The van der Waals surface area contributed by atoms with Crippen molar-refractivity contribution in [2.75, 3.05) is 11.9 Å². The van der Waals surface area contributed by atoms with Crippen LogP contribution in [0.15, 0.2) is 83.3 Å². The number of Topliss-reactive ketones (excluding diaryl/α,β-unsaturated/α-hetero) is 1. The molecule has 0 heterocycles. The molecule has 0 fully saturated rings. The summed E-state index contributed by atoms with van der Waals surface area (Å²) in [7, 11) is 0. The smallest absolute Gasteiger partial charge is 0.255 e. The van der Waals surface area contributed by atoms with Crippen molar-refractivity contribution in [3.63, 3.8) is 0 Å². The van der Waals surface area contributed by atoms with Crippen LogP contribution < -0.4 is 10.1 Å². The molecule has 1 amide bonds. The molecule has 0 unspecified atom stereocenters. The fraction of sp³-hybridized carbons (Fsp3) is 0.0476. The quantitative estimate of drug-likeness (QED) is 0.585. The number of halogens is 1. The standard InChI is InChI=1S/C21H16BrNO3/c22-17-8-6-16(7-9-17)21(25)23-18-10-12-19(13-11-18)26-14-20(24)15-4-2-1-3-5-15/h1-13H,14H2,(H,23,25). The number of nitrogens with one attached hydrogen (secondary N) is 1. The SMILES string of the molecule is O=C(COc1ccc(NC(=O)c2ccc(Br)cc2)cc1)c1ccccc1. The highest BCUT2D eigenvalue weighted by Gasteiger charge is 2.08. The predicted molar refractivity (Wildman–Crippen MR) is 105 cm³/mol. The third-order valence-electron chi connectivity index (χ3n) is 3.68. The van der Waals surface area contributed by atoms with Crippen LogP contribution in [0.4, 0.5) is 5.69 Å². The zero-order chi connectivity index (χ0) is 18.4. The van der Waals surface area contributed by atoms with Crippen LogP contribution in [0, 0.1) is 0 Å². The van der Waals surface area contributed by atoms with Gasteiger partial charge in [-0.15, -0.1) is 0 Å². The molecule has 0 saturated carbocycles. The van der Waals surface area contributed by atoms with Crippen LogP contribution in [0.2, 0.25) is 0 Å². The molecule has 4 nitrogen and oxygen atoms in total. The molecule has 130 valence electrons. The molecule has 26 heavy (non-hydrogen) atoms. The minimum atomic E-state index is -0.189. The number of carbonyl (C=O) groups excluding carboxylic acids is 2. The maximum atomic E-state index is 12.2. The minimum absolute atomic E-state index is 0.0331. The average Bonchev–Trinajstić information content (AvgIpc) is 2.68. The van der Waals surface area contributed by atoms with E-state index in [2.05, 4.69) is 21.2 Å². The summed E-state index contributed by atoms with van der Waals surface area (Å²) in [6.45, 7) is -0.0331. The minimum Gasteiger partial charge on any atom is -0.485 e. The summed E-state index contributed by atoms with van der Waals surface area (Å²) in [4.78, 5) is 24.2. The second-order valence-corrected chi connectivity index (χ2v) is 6.48. The number of ketones is 1. The third-order valence-corrected chi connectivity index (χ3v) is 4.21. The van der Waals surface area contributed by atoms with Crippen molar-refractivity contribution in [1.82, 2.24) is 0 Å². The van der Waals surface area contributed by atoms with Gasteiger partial charge in [0.15, 0.2) is 12.4 Å². The number of ether oxygens (including phenoxy) is 1. The number of hydrogen-bond acceptors (Lipinski definition) is 3. The summed E-state index contributed by atoms with van der Waals surface area (Å²) >= 11 is 3.34. The van der Waals surface area contributed by atoms with Crippen LogP contribution in [-0.4, -0.2) is 18.3 Å². The van der Waals surface area contributed by atoms with Crippen molar-refractivity contribution in [3.05, 3.63) is 94.5 Å². The number of hydrogen-bond donors (Lipinski definition) is 1. The lowest BCUT2D eigenvalue weighted by Gasteiger charge is -2.08. The van der Waals surface area contributed by atoms with E-state index >= 15 is 0 Å². The van der Waals surface area contributed by atoms with E-state index in [1.807, 2.05) is 30.3 Å². The van der Waals surface area contributed by atoms with Crippen LogP contribution in [0.1, 0.15) is 20.7 Å². The van der Waals surface area contributed by atoms with Crippen molar-refractivity contribution < 1.29 is 14.3 Å². The molecule has 0 spiro atoms. The van der Waals surface area contributed by atoms with E-state index < -0.39 is 0 Å². The van der Waals surface area contributed by atoms with Gasteiger partial charge in [-0.25, -0.2) is 0 Å². The molecule has 0 aliphatic carbocycles. The lowest BCUT2D eigenvalue weighted by atomic mass is 10.1. The normalized spacial score (nSPS) is 10.2. The van der Waals surface area contributed by atoms with Crippen molar-refractivity contribution in [1.29, 1.82) is 0 Å². The first-order valence-corrected chi connectivity index (χ1v) is 8.79. The van der Waals surface area contributed by atoms with E-state index in [4.69, 9.17) is 4.74 Å². The van der Waals surface area contributed by atoms with Gasteiger partial charge in [-0.1, -0.05) is 46.3 Å². The van der Waals surface area contributed by atoms with Crippen LogP contribution in [0.3, 0.4) is 0 Å². The summed E-state index contributed by atoms with van der Waals surface area (Å²) in [5.41, 5.74) is 1.84. The van der Waals surface area contributed by atoms with Gasteiger partial charge < -0.3 is 10.1 Å². The van der Waals surface area contributed by atoms with Gasteiger partial charge in [0.2, 0.25) is 0 Å². The Hall–Kier alpha value is -2.92. The number of rotatable bonds is 6. The molecule has 0 aliphatic heterocycles. The molecule has 1 N–H and O–H groups in total. The Morgan fingerprint density at radius 3 is 2.12 bits per heavy atom. The van der Waals surface area contributed by atoms with Crippen molar-refractivity contribution in [2.24, 2.45) is 0 Å². The van der Waals surface area contributed by atoms with Gasteiger partial charge in [0, 0.05) is 21.3 Å². The Bertz CT molecular complexity index is 891. The van der Waals surface area contributed by atoms with Crippen LogP contribution >= 0.6 is 15.9 Å². The van der Waals surface area contributed by atoms with Crippen LogP contribution in [0.25, 0.3) is 0 Å². The highest BCUT2D eigenvalue weighted by Crippen LogP contribution is 2.18. The maximum absolute atomic E-state index is 12.2. The summed E-state index contributed by atoms with van der Waals surface area (Å²) in [5, 5.41) is 2.82. The highest BCUT2D eigenvalue weighted by atomic mass is 79.9. The van der Waals surface area contributed by atoms with E-state index in [0.717, 1.165) is 4.47 Å². The topological polar surface area (TPSA) is 55.4 Å². The molecule has 5 heteroatoms. The second kappa shape index (κ2) is 8.45. The van der Waals surface area contributed by atoms with Gasteiger partial charge >= 0.3 is 0 Å². The van der Waals surface area contributed by atoms with E-state index in [-0.39, 0.29) is 18.3 Å². The van der Waals surface area contributed by atoms with Gasteiger partial charge in [-0.3, -0.25) is 9.59 Å². The Morgan fingerprint density at radius 2 is 1.46 bits per heavy atom. The molecule has 0 aliphatic rings. The van der Waals surface area contributed by atoms with Gasteiger partial charge in [-0.2, -0.15) is 0 Å². The Morgan fingerprint density at radius 1 is 0.808 bits per heavy atom. The molecule has 0 bridgehead atoms. The zero-order valence-electron chi connectivity index (χ0n) is 13.8. The first kappa shape index (κ1) is 17.9. The maximum Gasteiger partial charge on any atom is 0.255 e. The van der Waals surface area contributed by atoms with Gasteiger partial charge in [0.05, 0.1) is 0 Å². The molecular formula is C21H16BrNO3. The number of benzene rings is 3. The summed E-state index contributed by atoms with van der Waals surface area (Å²) < 4.78 is 6.43. The predicted octanol–water partition coefficient (Wildman–Crippen LogP) is 4.96. The number of carbonyl (C=O) groups is 2. The highest BCUT2D eigenvalue weighted by molar-refractivity contribution is 9.10. The van der Waals surface area contributed by atoms with Gasteiger partial charge in [-0.05, 0) is 48.5 Å². The van der Waals surface area contributed by atoms with Crippen LogP contribution in [0.5, 0.6) is 5.75 Å². The first-order valence-electron chi connectivity index (χ1n) is 8.00. The van der Waals surface area contributed by atoms with E-state index in [0.29, 0.717) is 22.6 Å². The van der Waals surface area contributed by atoms with Gasteiger partial charge in [0.1, 0.15) is 5.75 Å². The third kappa shape index (κ3) is 4.80. The fourth-order valence-corrected chi connectivity index (χ4v) is 2.56. The zero-order valence-corrected chi connectivity index (χ0v) is 15.4. The van der Waals surface area contributed by atoms with Crippen molar-refractivity contribution in [3.8, 4) is 5.75 Å². The Balaban J connectivity index is 1.55. The molecule has 3 aromatic carbocycles. The molecule has 0 radical (unpaired) electrons. The second-order valence-electron chi connectivity index (χ2n) is 5.56. The monoisotopic (exact) mass is 409 g/mol. The summed E-state index contributed by atoms with van der Waals surface area (Å²) in [6.07, 6.45) is 0. The van der Waals surface area contributed by atoms with Crippen LogP contribution in [-0.2, 0) is 0 Å². The van der Waals surface area contributed by atoms with Crippen molar-refractivity contribution >= 4 is 33.3 Å². The average molecular weight is 410 g/mol. The molecule has 0 saturated heterocycles. The molecule has 3 aromatic rings. The lowest BCUT2D eigenvalue weighted by Crippen LogP contribution is -2.12.